The highest BCUT2D eigenvalue weighted by Crippen LogP contribution is 2.19. The van der Waals surface area contributed by atoms with E-state index in [1.807, 2.05) is 0 Å². The first-order chi connectivity index (χ1) is 16.8. The van der Waals surface area contributed by atoms with E-state index < -0.39 is 40.8 Å². The van der Waals surface area contributed by atoms with Crippen LogP contribution in [0.15, 0.2) is 84.9 Å². The van der Waals surface area contributed by atoms with Crippen molar-refractivity contribution in [3.05, 3.63) is 112 Å². The summed E-state index contributed by atoms with van der Waals surface area (Å²) in [6.07, 6.45) is -1.79. The molecule has 0 radical (unpaired) electrons. The van der Waals surface area contributed by atoms with Crippen molar-refractivity contribution >= 4 is 23.4 Å². The second-order valence-electron chi connectivity index (χ2n) is 7.76. The van der Waals surface area contributed by atoms with E-state index in [0.29, 0.717) is 16.7 Å². The Bertz CT molecular complexity index is 1190. The monoisotopic (exact) mass is 476 g/mol. The number of primary amides is 1. The average Bonchev–Trinajstić information content (AvgIpc) is 2.87. The Morgan fingerprint density at radius 1 is 0.886 bits per heavy atom. The summed E-state index contributed by atoms with van der Waals surface area (Å²) in [5, 5.41) is 26.8. The molecule has 0 spiro atoms. The summed E-state index contributed by atoms with van der Waals surface area (Å²) in [4.78, 5) is 47.9. The zero-order chi connectivity index (χ0) is 25.4. The summed E-state index contributed by atoms with van der Waals surface area (Å²) in [5.74, 6) is -2.27. The second-order valence-corrected chi connectivity index (χ2v) is 7.76. The average molecular weight is 476 g/mol. The first-order valence-electron chi connectivity index (χ1n) is 10.7. The number of non-ortho nitro benzene ring substituents is 1. The van der Waals surface area contributed by atoms with Crippen LogP contribution in [0.4, 0.5) is 5.69 Å². The molecule has 0 bridgehead atoms. The molecular formula is C25H24N4O6. The third-order valence-corrected chi connectivity index (χ3v) is 5.31. The van der Waals surface area contributed by atoms with Gasteiger partial charge in [0.15, 0.2) is 6.10 Å². The van der Waals surface area contributed by atoms with Crippen LogP contribution in [0.2, 0.25) is 0 Å². The van der Waals surface area contributed by atoms with Crippen molar-refractivity contribution < 1.29 is 24.4 Å². The molecule has 0 unspecified atom stereocenters. The number of nitro groups is 1. The summed E-state index contributed by atoms with van der Waals surface area (Å²) in [7, 11) is 0. The van der Waals surface area contributed by atoms with Crippen LogP contribution in [-0.4, -0.2) is 39.9 Å². The maximum absolute atomic E-state index is 12.9. The Labute approximate surface area is 200 Å². The molecule has 10 heteroatoms. The van der Waals surface area contributed by atoms with Gasteiger partial charge in [-0.1, -0.05) is 60.7 Å². The molecule has 180 valence electrons. The highest BCUT2D eigenvalue weighted by molar-refractivity contribution is 5.95. The van der Waals surface area contributed by atoms with Crippen molar-refractivity contribution in [1.29, 1.82) is 0 Å². The fourth-order valence-corrected chi connectivity index (χ4v) is 3.44. The maximum atomic E-state index is 12.9. The van der Waals surface area contributed by atoms with Gasteiger partial charge in [-0.3, -0.25) is 24.5 Å². The second kappa shape index (κ2) is 11.5. The lowest BCUT2D eigenvalue weighted by atomic mass is 9.99. The number of nitrogens with two attached hydrogens (primary N) is 1. The lowest BCUT2D eigenvalue weighted by Crippen LogP contribution is -2.52. The number of nitrogens with one attached hydrogen (secondary N) is 2. The molecule has 3 atom stereocenters. The van der Waals surface area contributed by atoms with Crippen LogP contribution in [0, 0.1) is 10.1 Å². The van der Waals surface area contributed by atoms with Gasteiger partial charge >= 0.3 is 0 Å². The van der Waals surface area contributed by atoms with Crippen molar-refractivity contribution in [2.75, 3.05) is 0 Å². The van der Waals surface area contributed by atoms with E-state index in [2.05, 4.69) is 10.6 Å². The third-order valence-electron chi connectivity index (χ3n) is 5.31. The zero-order valence-corrected chi connectivity index (χ0v) is 18.5. The van der Waals surface area contributed by atoms with E-state index in [9.17, 15) is 29.6 Å². The number of hydrogen-bond acceptors (Lipinski definition) is 6. The topological polar surface area (TPSA) is 165 Å². The molecule has 0 aliphatic carbocycles. The van der Waals surface area contributed by atoms with Crippen LogP contribution in [-0.2, 0) is 16.0 Å². The molecule has 0 saturated carbocycles. The quantitative estimate of drug-likeness (QED) is 0.257. The number of carbonyl (C=O) groups is 3. The van der Waals surface area contributed by atoms with Gasteiger partial charge in [-0.05, 0) is 23.3 Å². The number of nitro benzene ring substituents is 1. The minimum atomic E-state index is -1.75. The van der Waals surface area contributed by atoms with Crippen LogP contribution in [0.25, 0.3) is 0 Å². The lowest BCUT2D eigenvalue weighted by Gasteiger charge is -2.26. The van der Waals surface area contributed by atoms with E-state index in [-0.39, 0.29) is 12.1 Å². The molecule has 0 saturated heterocycles. The fourth-order valence-electron chi connectivity index (χ4n) is 3.44. The molecule has 0 heterocycles. The Balaban J connectivity index is 1.77. The Hall–Kier alpha value is -4.57. The Morgan fingerprint density at radius 3 is 2.00 bits per heavy atom. The van der Waals surface area contributed by atoms with E-state index in [1.54, 1.807) is 60.7 Å². The minimum Gasteiger partial charge on any atom is -0.381 e. The number of carbonyl (C=O) groups excluding carboxylic acids is 3. The fraction of sp³-hybridized carbons (Fsp3) is 0.160. The van der Waals surface area contributed by atoms with Gasteiger partial charge in [0.05, 0.1) is 11.0 Å². The number of benzene rings is 3. The summed E-state index contributed by atoms with van der Waals surface area (Å²) < 4.78 is 0. The van der Waals surface area contributed by atoms with Crippen molar-refractivity contribution in [1.82, 2.24) is 10.6 Å². The summed E-state index contributed by atoms with van der Waals surface area (Å²) in [6, 6.07) is 19.9. The minimum absolute atomic E-state index is 0.0435. The third kappa shape index (κ3) is 6.71. The number of hydrogen-bond donors (Lipinski definition) is 4. The lowest BCUT2D eigenvalue weighted by molar-refractivity contribution is -0.384. The molecule has 3 aromatic carbocycles. The van der Waals surface area contributed by atoms with Gasteiger partial charge in [-0.25, -0.2) is 0 Å². The van der Waals surface area contributed by atoms with Gasteiger partial charge in [0.1, 0.15) is 6.04 Å². The predicted molar refractivity (Wildman–Crippen MR) is 127 cm³/mol. The highest BCUT2D eigenvalue weighted by Gasteiger charge is 2.31. The van der Waals surface area contributed by atoms with Gasteiger partial charge in [-0.2, -0.15) is 0 Å². The Morgan fingerprint density at radius 2 is 1.46 bits per heavy atom. The largest absolute Gasteiger partial charge is 0.381 e. The molecule has 3 aromatic rings. The first-order valence-corrected chi connectivity index (χ1v) is 10.7. The maximum Gasteiger partial charge on any atom is 0.269 e. The molecule has 3 rings (SSSR count). The smallest absolute Gasteiger partial charge is 0.269 e. The van der Waals surface area contributed by atoms with Gasteiger partial charge in [0.25, 0.3) is 17.5 Å². The highest BCUT2D eigenvalue weighted by atomic mass is 16.6. The molecular weight excluding hydrogens is 452 g/mol. The van der Waals surface area contributed by atoms with Crippen LogP contribution in [0.1, 0.15) is 27.5 Å². The van der Waals surface area contributed by atoms with Crippen LogP contribution >= 0.6 is 0 Å². The number of aliphatic hydroxyl groups excluding tert-OH is 1. The van der Waals surface area contributed by atoms with Crippen molar-refractivity contribution in [3.8, 4) is 0 Å². The zero-order valence-electron chi connectivity index (χ0n) is 18.5. The van der Waals surface area contributed by atoms with Gasteiger partial charge in [0, 0.05) is 24.1 Å². The normalized spacial score (nSPS) is 13.2. The molecule has 0 aliphatic heterocycles. The van der Waals surface area contributed by atoms with E-state index >= 15 is 0 Å². The van der Waals surface area contributed by atoms with E-state index in [1.165, 1.54) is 24.3 Å². The molecule has 0 fully saturated rings. The standard InChI is InChI=1S/C25H24N4O6/c26-23(31)20(15-16-11-13-19(14-12-16)29(34)35)27-25(33)22(30)21(17-7-3-1-4-8-17)28-24(32)18-9-5-2-6-10-18/h1-14,20-22,30H,15H2,(H2,26,31)(H,27,33)(H,28,32)/t20-,21+,22-/m1/s1. The number of aliphatic hydroxyl groups is 1. The summed E-state index contributed by atoms with van der Waals surface area (Å²) >= 11 is 0. The SMILES string of the molecule is NC(=O)[C@@H](Cc1ccc([N+](=O)[O-])cc1)NC(=O)[C@H](O)[C@@H](NC(=O)c1ccccc1)c1ccccc1. The Kier molecular flexibility index (Phi) is 8.25. The van der Waals surface area contributed by atoms with Gasteiger partial charge in [-0.15, -0.1) is 0 Å². The molecule has 3 amide bonds. The molecule has 0 aromatic heterocycles. The summed E-state index contributed by atoms with van der Waals surface area (Å²) in [5.41, 5.74) is 6.66. The molecule has 35 heavy (non-hydrogen) atoms. The summed E-state index contributed by atoms with van der Waals surface area (Å²) in [6.45, 7) is 0. The number of amides is 3. The number of nitrogens with zero attached hydrogens (tertiary/aromatic N) is 1. The van der Waals surface area contributed by atoms with Gasteiger partial charge in [0.2, 0.25) is 5.91 Å². The van der Waals surface area contributed by atoms with Crippen molar-refractivity contribution in [2.45, 2.75) is 24.6 Å². The van der Waals surface area contributed by atoms with E-state index in [0.717, 1.165) is 0 Å². The van der Waals surface area contributed by atoms with Crippen LogP contribution < -0.4 is 16.4 Å². The predicted octanol–water partition coefficient (Wildman–Crippen LogP) is 1.64. The van der Waals surface area contributed by atoms with Gasteiger partial charge < -0.3 is 21.5 Å². The van der Waals surface area contributed by atoms with Crippen LogP contribution in [0.5, 0.6) is 0 Å². The van der Waals surface area contributed by atoms with Crippen molar-refractivity contribution in [2.24, 2.45) is 5.73 Å². The van der Waals surface area contributed by atoms with E-state index in [4.69, 9.17) is 5.73 Å². The molecule has 5 N–H and O–H groups in total. The first kappa shape index (κ1) is 25.1. The molecule has 10 nitrogen and oxygen atoms in total. The van der Waals surface area contributed by atoms with Crippen molar-refractivity contribution in [3.63, 3.8) is 0 Å². The van der Waals surface area contributed by atoms with Crippen LogP contribution in [0.3, 0.4) is 0 Å². The number of rotatable bonds is 10. The molecule has 0 aliphatic rings.